The van der Waals surface area contributed by atoms with E-state index in [2.05, 4.69) is 10.2 Å². The van der Waals surface area contributed by atoms with Crippen LogP contribution in [-0.4, -0.2) is 64.7 Å². The van der Waals surface area contributed by atoms with Crippen molar-refractivity contribution in [1.29, 1.82) is 0 Å². The Labute approximate surface area is 169 Å². The summed E-state index contributed by atoms with van der Waals surface area (Å²) in [5, 5.41) is 12.5. The van der Waals surface area contributed by atoms with Gasteiger partial charge in [-0.2, -0.15) is 0 Å². The summed E-state index contributed by atoms with van der Waals surface area (Å²) in [7, 11) is 0. The second kappa shape index (κ2) is 7.25. The number of nitrogens with one attached hydrogen (secondary N) is 1. The molecule has 2 saturated heterocycles. The van der Waals surface area contributed by atoms with Gasteiger partial charge in [-0.05, 0) is 57.9 Å². The highest BCUT2D eigenvalue weighted by Crippen LogP contribution is 2.46. The molecule has 158 valence electrons. The molecule has 2 N–H and O–H groups in total. The topological polar surface area (TPSA) is 82.1 Å². The number of aliphatic hydroxyl groups is 1. The third kappa shape index (κ3) is 3.71. The first-order valence-corrected chi connectivity index (χ1v) is 10.2. The zero-order chi connectivity index (χ0) is 20.8. The summed E-state index contributed by atoms with van der Waals surface area (Å²) >= 11 is 0. The van der Waals surface area contributed by atoms with E-state index in [1.165, 1.54) is 23.1 Å². The molecule has 1 aromatic rings. The fourth-order valence-electron chi connectivity index (χ4n) is 4.72. The van der Waals surface area contributed by atoms with Crippen LogP contribution in [0.15, 0.2) is 18.2 Å². The highest BCUT2D eigenvalue weighted by atomic mass is 19.1. The highest BCUT2D eigenvalue weighted by Gasteiger charge is 2.58. The summed E-state index contributed by atoms with van der Waals surface area (Å²) in [6.07, 6.45) is 2.17. The van der Waals surface area contributed by atoms with Crippen LogP contribution in [0.25, 0.3) is 0 Å². The van der Waals surface area contributed by atoms with Gasteiger partial charge in [-0.3, -0.25) is 9.69 Å². The van der Waals surface area contributed by atoms with Crippen molar-refractivity contribution in [2.75, 3.05) is 26.2 Å². The first-order valence-electron chi connectivity index (χ1n) is 10.2. The Balaban J connectivity index is 1.51. The number of fused-ring (bicyclic) bond motifs is 2. The molecule has 29 heavy (non-hydrogen) atoms. The molecular formula is C21H28FN3O4. The van der Waals surface area contributed by atoms with Crippen molar-refractivity contribution in [3.8, 4) is 5.75 Å². The summed E-state index contributed by atoms with van der Waals surface area (Å²) in [5.74, 6) is -0.399. The fourth-order valence-corrected chi connectivity index (χ4v) is 4.72. The molecule has 2 fully saturated rings. The zero-order valence-electron chi connectivity index (χ0n) is 16.9. The van der Waals surface area contributed by atoms with Crippen molar-refractivity contribution in [2.45, 2.75) is 56.8 Å². The number of hydrogen-bond acceptors (Lipinski definition) is 5. The summed E-state index contributed by atoms with van der Waals surface area (Å²) < 4.78 is 19.9. The van der Waals surface area contributed by atoms with E-state index in [-0.39, 0.29) is 18.4 Å². The van der Waals surface area contributed by atoms with Crippen molar-refractivity contribution in [3.05, 3.63) is 29.6 Å². The molecule has 0 bridgehead atoms. The quantitative estimate of drug-likeness (QED) is 0.749. The number of hydrogen-bond donors (Lipinski definition) is 2. The van der Waals surface area contributed by atoms with Gasteiger partial charge in [0.25, 0.3) is 5.91 Å². The Morgan fingerprint density at radius 1 is 1.24 bits per heavy atom. The molecule has 1 spiro atoms. The summed E-state index contributed by atoms with van der Waals surface area (Å²) in [5.41, 5.74) is -1.60. The number of urea groups is 1. The summed E-state index contributed by atoms with van der Waals surface area (Å²) in [4.78, 5) is 29.6. The predicted molar refractivity (Wildman–Crippen MR) is 104 cm³/mol. The largest absolute Gasteiger partial charge is 0.487 e. The molecule has 8 heteroatoms. The average Bonchev–Trinajstić information content (AvgIpc) is 2.88. The minimum atomic E-state index is -1.30. The number of halogens is 1. The van der Waals surface area contributed by atoms with E-state index in [1.807, 2.05) is 13.8 Å². The lowest BCUT2D eigenvalue weighted by atomic mass is 9.77. The lowest BCUT2D eigenvalue weighted by Gasteiger charge is -2.42. The lowest BCUT2D eigenvalue weighted by molar-refractivity contribution is -0.134. The maximum atomic E-state index is 14.0. The Kier molecular flexibility index (Phi) is 5.02. The fraction of sp³-hybridized carbons (Fsp3) is 0.619. The number of carbonyl (C=O) groups excluding carboxylic acids is 2. The Hall–Kier alpha value is -2.19. The minimum Gasteiger partial charge on any atom is -0.487 e. The van der Waals surface area contributed by atoms with E-state index in [0.29, 0.717) is 24.3 Å². The molecular weight excluding hydrogens is 377 g/mol. The maximum Gasteiger partial charge on any atom is 0.325 e. The molecule has 0 aromatic heterocycles. The van der Waals surface area contributed by atoms with Crippen LogP contribution in [-0.2, 0) is 10.3 Å². The molecule has 1 aromatic carbocycles. The molecule has 1 atom stereocenters. The van der Waals surface area contributed by atoms with Crippen molar-refractivity contribution in [2.24, 2.45) is 0 Å². The molecule has 1 unspecified atom stereocenters. The Morgan fingerprint density at radius 3 is 2.69 bits per heavy atom. The third-order valence-corrected chi connectivity index (χ3v) is 6.07. The van der Waals surface area contributed by atoms with Gasteiger partial charge in [-0.15, -0.1) is 0 Å². The van der Waals surface area contributed by atoms with Crippen LogP contribution < -0.4 is 10.1 Å². The molecule has 7 nitrogen and oxygen atoms in total. The standard InChI is InChI=1S/C21H28FN3O4/c1-20(2)13-21(16-12-14(22)4-5-17(16)29-20)18(27)25(19(28)23-21)9-3-8-24-10-6-15(26)7-11-24/h4-5,12,15,26H,3,6-11,13H2,1-2H3,(H,23,28). The van der Waals surface area contributed by atoms with Crippen LogP contribution in [0.1, 0.15) is 45.1 Å². The minimum absolute atomic E-state index is 0.227. The number of likely N-dealkylation sites (tertiary alicyclic amines) is 1. The number of aliphatic hydroxyl groups excluding tert-OH is 1. The van der Waals surface area contributed by atoms with E-state index in [1.54, 1.807) is 0 Å². The van der Waals surface area contributed by atoms with E-state index in [9.17, 15) is 19.1 Å². The number of imide groups is 1. The molecule has 0 aliphatic carbocycles. The van der Waals surface area contributed by atoms with E-state index >= 15 is 0 Å². The smallest absolute Gasteiger partial charge is 0.325 e. The van der Waals surface area contributed by atoms with Crippen LogP contribution in [0, 0.1) is 5.82 Å². The second-order valence-electron chi connectivity index (χ2n) is 8.90. The molecule has 0 saturated carbocycles. The number of rotatable bonds is 4. The van der Waals surface area contributed by atoms with Gasteiger partial charge in [0.15, 0.2) is 5.54 Å². The first-order chi connectivity index (χ1) is 13.7. The lowest BCUT2D eigenvalue weighted by Crippen LogP contribution is -2.53. The zero-order valence-corrected chi connectivity index (χ0v) is 16.9. The highest BCUT2D eigenvalue weighted by molar-refractivity contribution is 6.08. The predicted octanol–water partition coefficient (Wildman–Crippen LogP) is 1.98. The first kappa shape index (κ1) is 20.1. The molecule has 3 aliphatic rings. The van der Waals surface area contributed by atoms with Gasteiger partial charge in [0, 0.05) is 31.6 Å². The van der Waals surface area contributed by atoms with E-state index < -0.39 is 23.0 Å². The van der Waals surface area contributed by atoms with Crippen molar-refractivity contribution in [1.82, 2.24) is 15.1 Å². The van der Waals surface area contributed by atoms with Gasteiger partial charge >= 0.3 is 6.03 Å². The van der Waals surface area contributed by atoms with Gasteiger partial charge in [0.2, 0.25) is 0 Å². The number of carbonyl (C=O) groups is 2. The number of nitrogens with zero attached hydrogens (tertiary/aromatic N) is 2. The van der Waals surface area contributed by atoms with Crippen LogP contribution in [0.5, 0.6) is 5.75 Å². The number of piperidine rings is 1. The molecule has 3 heterocycles. The summed E-state index contributed by atoms with van der Waals surface area (Å²) in [6.45, 7) is 6.42. The number of ether oxygens (including phenoxy) is 1. The van der Waals surface area contributed by atoms with Crippen LogP contribution in [0.4, 0.5) is 9.18 Å². The SMILES string of the molecule is CC1(C)CC2(NC(=O)N(CCCN3CCC(O)CC3)C2=O)c2cc(F)ccc2O1. The molecule has 0 radical (unpaired) electrons. The van der Waals surface area contributed by atoms with Crippen LogP contribution in [0.3, 0.4) is 0 Å². The van der Waals surface area contributed by atoms with Gasteiger partial charge in [0.1, 0.15) is 17.2 Å². The average molecular weight is 405 g/mol. The van der Waals surface area contributed by atoms with E-state index in [4.69, 9.17) is 4.74 Å². The van der Waals surface area contributed by atoms with Crippen molar-refractivity contribution >= 4 is 11.9 Å². The van der Waals surface area contributed by atoms with E-state index in [0.717, 1.165) is 32.5 Å². The monoisotopic (exact) mass is 405 g/mol. The maximum absolute atomic E-state index is 14.0. The Bertz CT molecular complexity index is 822. The van der Waals surface area contributed by atoms with Crippen LogP contribution >= 0.6 is 0 Å². The summed E-state index contributed by atoms with van der Waals surface area (Å²) in [6, 6.07) is 3.64. The van der Waals surface area contributed by atoms with Gasteiger partial charge in [0.05, 0.1) is 6.10 Å². The second-order valence-corrected chi connectivity index (χ2v) is 8.90. The molecule has 4 rings (SSSR count). The van der Waals surface area contributed by atoms with Gasteiger partial charge < -0.3 is 20.1 Å². The Morgan fingerprint density at radius 2 is 1.97 bits per heavy atom. The van der Waals surface area contributed by atoms with Gasteiger partial charge in [-0.1, -0.05) is 0 Å². The van der Waals surface area contributed by atoms with Crippen LogP contribution in [0.2, 0.25) is 0 Å². The van der Waals surface area contributed by atoms with Crippen molar-refractivity contribution in [3.63, 3.8) is 0 Å². The molecule has 3 amide bonds. The van der Waals surface area contributed by atoms with Crippen molar-refractivity contribution < 1.29 is 23.8 Å². The normalized spacial score (nSPS) is 27.1. The van der Waals surface area contributed by atoms with Gasteiger partial charge in [-0.25, -0.2) is 9.18 Å². The molecule has 3 aliphatic heterocycles. The third-order valence-electron chi connectivity index (χ3n) is 6.07. The number of benzene rings is 1. The number of amides is 3.